The predicted molar refractivity (Wildman–Crippen MR) is 103 cm³/mol. The largest absolute Gasteiger partial charge is 0.483 e. The minimum absolute atomic E-state index is 0.102. The van der Waals surface area contributed by atoms with Crippen molar-refractivity contribution in [2.75, 3.05) is 19.0 Å². The van der Waals surface area contributed by atoms with Crippen LogP contribution in [-0.4, -0.2) is 35.6 Å². The molecule has 2 N–H and O–H groups in total. The van der Waals surface area contributed by atoms with Gasteiger partial charge in [-0.3, -0.25) is 10.1 Å². The maximum absolute atomic E-state index is 12.1. The van der Waals surface area contributed by atoms with Gasteiger partial charge >= 0.3 is 5.97 Å². The monoisotopic (exact) mass is 385 g/mol. The van der Waals surface area contributed by atoms with Gasteiger partial charge < -0.3 is 14.5 Å². The van der Waals surface area contributed by atoms with E-state index in [-0.39, 0.29) is 12.5 Å². The molecule has 7 nitrogen and oxygen atoms in total. The van der Waals surface area contributed by atoms with Crippen molar-refractivity contribution in [3.05, 3.63) is 52.7 Å². The number of aryl methyl sites for hydroxylation is 2. The molecule has 27 heavy (non-hydrogen) atoms. The van der Waals surface area contributed by atoms with Crippen LogP contribution in [0.2, 0.25) is 0 Å². The van der Waals surface area contributed by atoms with E-state index in [4.69, 9.17) is 4.74 Å². The van der Waals surface area contributed by atoms with E-state index in [0.29, 0.717) is 22.3 Å². The minimum Gasteiger partial charge on any atom is -0.483 e. The number of esters is 1. The number of nitrogens with one attached hydrogen (secondary N) is 2. The van der Waals surface area contributed by atoms with Gasteiger partial charge in [-0.15, -0.1) is 11.3 Å². The van der Waals surface area contributed by atoms with Crippen LogP contribution in [0.1, 0.15) is 21.6 Å². The van der Waals surface area contributed by atoms with Gasteiger partial charge in [0.05, 0.1) is 12.8 Å². The summed E-state index contributed by atoms with van der Waals surface area (Å²) in [4.78, 5) is 30.8. The number of hydrogen-bond acceptors (Lipinski definition) is 6. The second kappa shape index (κ2) is 8.05. The molecule has 8 heteroatoms. The summed E-state index contributed by atoms with van der Waals surface area (Å²) in [5.74, 6) is -0.0630. The standard InChI is InChI=1S/C19H19N3O4S/c1-11-4-5-16(12(2)6-11)26-9-17(23)22-19-21-15(10-27-19)13-7-14(20-8-13)18(24)25-3/h4-8,10,20H,9H2,1-3H3,(H,21,22,23). The van der Waals surface area contributed by atoms with Crippen molar-refractivity contribution in [2.24, 2.45) is 0 Å². The maximum atomic E-state index is 12.1. The molecule has 3 aromatic rings. The molecular formula is C19H19N3O4S. The molecule has 2 heterocycles. The summed E-state index contributed by atoms with van der Waals surface area (Å²) in [5, 5.41) is 4.97. The van der Waals surface area contributed by atoms with Gasteiger partial charge in [-0.05, 0) is 31.5 Å². The summed E-state index contributed by atoms with van der Waals surface area (Å²) in [6.07, 6.45) is 1.66. The lowest BCUT2D eigenvalue weighted by atomic mass is 10.1. The molecule has 3 rings (SSSR count). The first-order chi connectivity index (χ1) is 13.0. The Hall–Kier alpha value is -3.13. The van der Waals surface area contributed by atoms with E-state index in [1.54, 1.807) is 17.6 Å². The number of ether oxygens (including phenoxy) is 2. The number of hydrogen-bond donors (Lipinski definition) is 2. The average Bonchev–Trinajstić information content (AvgIpc) is 3.29. The number of thiazole rings is 1. The third-order valence-electron chi connectivity index (χ3n) is 3.82. The molecule has 1 amide bonds. The number of nitrogens with zero attached hydrogens (tertiary/aromatic N) is 1. The van der Waals surface area contributed by atoms with E-state index in [9.17, 15) is 9.59 Å². The highest BCUT2D eigenvalue weighted by atomic mass is 32.1. The highest BCUT2D eigenvalue weighted by Crippen LogP contribution is 2.26. The number of H-pyrrole nitrogens is 1. The fourth-order valence-corrected chi connectivity index (χ4v) is 3.23. The summed E-state index contributed by atoms with van der Waals surface area (Å²) in [7, 11) is 1.32. The van der Waals surface area contributed by atoms with Gasteiger partial charge in [0.2, 0.25) is 0 Å². The zero-order valence-electron chi connectivity index (χ0n) is 15.2. The maximum Gasteiger partial charge on any atom is 0.354 e. The van der Waals surface area contributed by atoms with E-state index in [1.807, 2.05) is 32.0 Å². The number of anilines is 1. The highest BCUT2D eigenvalue weighted by molar-refractivity contribution is 7.14. The Bertz CT molecular complexity index is 977. The fourth-order valence-electron chi connectivity index (χ4n) is 2.49. The number of rotatable bonds is 6. The summed E-state index contributed by atoms with van der Waals surface area (Å²) in [6.45, 7) is 3.84. The lowest BCUT2D eigenvalue weighted by molar-refractivity contribution is -0.118. The van der Waals surface area contributed by atoms with E-state index in [2.05, 4.69) is 20.0 Å². The van der Waals surface area contributed by atoms with Gasteiger partial charge in [0.15, 0.2) is 11.7 Å². The highest BCUT2D eigenvalue weighted by Gasteiger charge is 2.13. The van der Waals surface area contributed by atoms with E-state index in [1.165, 1.54) is 18.4 Å². The number of methoxy groups -OCH3 is 1. The van der Waals surface area contributed by atoms with Crippen LogP contribution in [0, 0.1) is 13.8 Å². The molecule has 0 unspecified atom stereocenters. The Morgan fingerprint density at radius 1 is 1.26 bits per heavy atom. The second-order valence-electron chi connectivity index (χ2n) is 5.94. The van der Waals surface area contributed by atoms with E-state index < -0.39 is 5.97 Å². The summed E-state index contributed by atoms with van der Waals surface area (Å²) in [5.41, 5.74) is 3.84. The molecule has 0 fully saturated rings. The molecule has 0 radical (unpaired) electrons. The molecule has 0 saturated heterocycles. The lowest BCUT2D eigenvalue weighted by Gasteiger charge is -2.09. The molecule has 0 bridgehead atoms. The molecule has 0 saturated carbocycles. The molecule has 0 aliphatic heterocycles. The first-order valence-electron chi connectivity index (χ1n) is 8.19. The molecule has 0 aliphatic carbocycles. The number of carbonyl (C=O) groups is 2. The third kappa shape index (κ3) is 4.53. The molecular weight excluding hydrogens is 366 g/mol. The second-order valence-corrected chi connectivity index (χ2v) is 6.80. The van der Waals surface area contributed by atoms with Gasteiger partial charge in [-0.25, -0.2) is 9.78 Å². The summed E-state index contributed by atoms with van der Waals surface area (Å²) in [6, 6.07) is 7.44. The normalized spacial score (nSPS) is 10.5. The van der Waals surface area contributed by atoms with Crippen LogP contribution in [-0.2, 0) is 9.53 Å². The number of carbonyl (C=O) groups excluding carboxylic acids is 2. The molecule has 1 aromatic carbocycles. The quantitative estimate of drug-likeness (QED) is 0.633. The van der Waals surface area contributed by atoms with Gasteiger partial charge in [0.25, 0.3) is 5.91 Å². The van der Waals surface area contributed by atoms with Gasteiger partial charge in [-0.2, -0.15) is 0 Å². The van der Waals surface area contributed by atoms with Crippen molar-refractivity contribution >= 4 is 28.3 Å². The van der Waals surface area contributed by atoms with Crippen molar-refractivity contribution in [1.82, 2.24) is 9.97 Å². The first kappa shape index (κ1) is 18.7. The van der Waals surface area contributed by atoms with Crippen LogP contribution in [0.5, 0.6) is 5.75 Å². The van der Waals surface area contributed by atoms with Crippen LogP contribution < -0.4 is 10.1 Å². The van der Waals surface area contributed by atoms with Crippen LogP contribution >= 0.6 is 11.3 Å². The SMILES string of the molecule is COC(=O)c1cc(-c2csc(NC(=O)COc3ccc(C)cc3C)n2)c[nH]1. The van der Waals surface area contributed by atoms with Gasteiger partial charge in [0, 0.05) is 17.1 Å². The Kier molecular flexibility index (Phi) is 5.56. The van der Waals surface area contributed by atoms with Crippen LogP contribution in [0.3, 0.4) is 0 Å². The number of amides is 1. The number of aromatic nitrogens is 2. The zero-order chi connectivity index (χ0) is 19.4. The minimum atomic E-state index is -0.450. The molecule has 2 aromatic heterocycles. The van der Waals surface area contributed by atoms with E-state index in [0.717, 1.165) is 16.7 Å². The first-order valence-corrected chi connectivity index (χ1v) is 9.07. The molecule has 0 atom stereocenters. The lowest BCUT2D eigenvalue weighted by Crippen LogP contribution is -2.20. The predicted octanol–water partition coefficient (Wildman–Crippen LogP) is 3.56. The smallest absolute Gasteiger partial charge is 0.354 e. The topological polar surface area (TPSA) is 93.3 Å². The summed E-state index contributed by atoms with van der Waals surface area (Å²) < 4.78 is 10.2. The van der Waals surface area contributed by atoms with Gasteiger partial charge in [0.1, 0.15) is 11.4 Å². The third-order valence-corrected chi connectivity index (χ3v) is 4.58. The zero-order valence-corrected chi connectivity index (χ0v) is 16.0. The Balaban J connectivity index is 1.59. The summed E-state index contributed by atoms with van der Waals surface area (Å²) >= 11 is 1.29. The van der Waals surface area contributed by atoms with E-state index >= 15 is 0 Å². The Labute approximate surface area is 160 Å². The van der Waals surface area contributed by atoms with Crippen molar-refractivity contribution in [2.45, 2.75) is 13.8 Å². The number of benzene rings is 1. The van der Waals surface area contributed by atoms with Gasteiger partial charge in [-0.1, -0.05) is 17.7 Å². The van der Waals surface area contributed by atoms with Crippen LogP contribution in [0.25, 0.3) is 11.3 Å². The molecule has 140 valence electrons. The van der Waals surface area contributed by atoms with Crippen molar-refractivity contribution in [3.8, 4) is 17.0 Å². The number of aromatic amines is 1. The van der Waals surface area contributed by atoms with Crippen LogP contribution in [0.4, 0.5) is 5.13 Å². The Morgan fingerprint density at radius 3 is 2.81 bits per heavy atom. The molecule has 0 spiro atoms. The Morgan fingerprint density at radius 2 is 2.07 bits per heavy atom. The molecule has 0 aliphatic rings. The average molecular weight is 385 g/mol. The van der Waals surface area contributed by atoms with Crippen molar-refractivity contribution in [1.29, 1.82) is 0 Å². The van der Waals surface area contributed by atoms with Crippen molar-refractivity contribution < 1.29 is 19.1 Å². The van der Waals surface area contributed by atoms with Crippen LogP contribution in [0.15, 0.2) is 35.8 Å². The van der Waals surface area contributed by atoms with Crippen molar-refractivity contribution in [3.63, 3.8) is 0 Å². The fraction of sp³-hybridized carbons (Fsp3) is 0.211.